The van der Waals surface area contributed by atoms with Gasteiger partial charge in [-0.05, 0) is 0 Å². The Morgan fingerprint density at radius 2 is 0.967 bits per heavy atom. The van der Waals surface area contributed by atoms with Gasteiger partial charge >= 0.3 is 179 Å². The third-order valence-corrected chi connectivity index (χ3v) is 10.6. The summed E-state index contributed by atoms with van der Waals surface area (Å²) >= 11 is 0. The van der Waals surface area contributed by atoms with Crippen LogP contribution < -0.4 is 25.4 Å². The van der Waals surface area contributed by atoms with Crippen molar-refractivity contribution in [2.24, 2.45) is 0 Å². The van der Waals surface area contributed by atoms with Gasteiger partial charge < -0.3 is 0 Å². The molecule has 0 bridgehead atoms. The number of methoxy groups -OCH3 is 2. The van der Waals surface area contributed by atoms with Crippen LogP contribution in [-0.4, -0.2) is 14.2 Å². The molecular weight excluding hydrogens is 387 g/mol. The Morgan fingerprint density at radius 3 is 1.37 bits per heavy atom. The van der Waals surface area contributed by atoms with Crippen molar-refractivity contribution >= 4 is 23.2 Å². The van der Waals surface area contributed by atoms with E-state index in [1.165, 1.54) is 21.5 Å². The van der Waals surface area contributed by atoms with E-state index in [2.05, 4.69) is 103 Å². The third kappa shape index (κ3) is 3.84. The van der Waals surface area contributed by atoms with Gasteiger partial charge in [0, 0.05) is 0 Å². The van der Waals surface area contributed by atoms with Crippen LogP contribution in [0.25, 0.3) is 0 Å². The zero-order valence-corrected chi connectivity index (χ0v) is 18.4. The molecule has 0 saturated carbocycles. The van der Waals surface area contributed by atoms with Crippen molar-refractivity contribution in [3.63, 3.8) is 0 Å². The van der Waals surface area contributed by atoms with Crippen molar-refractivity contribution in [1.29, 1.82) is 0 Å². The molecule has 2 nitrogen and oxygen atoms in total. The molecule has 0 aromatic heterocycles. The average molecular weight is 414 g/mol. The Kier molecular flexibility index (Phi) is 6.16. The third-order valence-electron chi connectivity index (χ3n) is 5.72. The molecule has 0 aliphatic rings. The van der Waals surface area contributed by atoms with E-state index in [9.17, 15) is 0 Å². The van der Waals surface area contributed by atoms with Crippen molar-refractivity contribution in [3.8, 4) is 11.5 Å². The van der Waals surface area contributed by atoms with Crippen molar-refractivity contribution in [2.75, 3.05) is 14.2 Å². The van der Waals surface area contributed by atoms with Crippen molar-refractivity contribution in [3.05, 3.63) is 115 Å². The van der Waals surface area contributed by atoms with E-state index in [0.717, 1.165) is 17.7 Å². The number of rotatable bonds is 7. The van der Waals surface area contributed by atoms with E-state index < -0.39 is 7.26 Å². The van der Waals surface area contributed by atoms with E-state index in [4.69, 9.17) is 9.47 Å². The van der Waals surface area contributed by atoms with Crippen LogP contribution >= 0.6 is 7.26 Å². The fourth-order valence-corrected chi connectivity index (χ4v) is 9.00. The first kappa shape index (κ1) is 20.2. The summed E-state index contributed by atoms with van der Waals surface area (Å²) in [6.45, 7) is 0. The molecule has 0 amide bonds. The average Bonchev–Trinajstić information content (AvgIpc) is 2.84. The first-order valence-corrected chi connectivity index (χ1v) is 12.4. The van der Waals surface area contributed by atoms with Gasteiger partial charge in [0.25, 0.3) is 0 Å². The van der Waals surface area contributed by atoms with Gasteiger partial charge in [0.15, 0.2) is 0 Å². The molecule has 0 atom stereocenters. The molecule has 0 N–H and O–H groups in total. The van der Waals surface area contributed by atoms with Gasteiger partial charge in [-0.1, -0.05) is 0 Å². The van der Waals surface area contributed by atoms with E-state index in [1.807, 2.05) is 6.07 Å². The predicted octanol–water partition coefficient (Wildman–Crippen LogP) is 4.93. The quantitative estimate of drug-likeness (QED) is 0.399. The van der Waals surface area contributed by atoms with E-state index in [0.29, 0.717) is 0 Å². The Bertz CT molecular complexity index is 983. The van der Waals surface area contributed by atoms with Gasteiger partial charge in [0.1, 0.15) is 0 Å². The summed E-state index contributed by atoms with van der Waals surface area (Å²) in [6, 6.07) is 39.2. The molecule has 152 valence electrons. The van der Waals surface area contributed by atoms with E-state index in [-0.39, 0.29) is 0 Å². The molecule has 30 heavy (non-hydrogen) atoms. The fraction of sp³-hybridized carbons (Fsp3) is 0.111. The molecule has 0 saturated heterocycles. The van der Waals surface area contributed by atoms with Crippen LogP contribution in [0.2, 0.25) is 0 Å². The molecule has 4 rings (SSSR count). The Morgan fingerprint density at radius 1 is 0.533 bits per heavy atom. The molecule has 4 aromatic carbocycles. The summed E-state index contributed by atoms with van der Waals surface area (Å²) in [5, 5.41) is 4.20. The fourth-order valence-electron chi connectivity index (χ4n) is 4.27. The zero-order chi connectivity index (χ0) is 20.8. The van der Waals surface area contributed by atoms with Gasteiger partial charge in [-0.2, -0.15) is 0 Å². The SMILES string of the molecule is COc1ccc(C[PH](c2ccccc2)(c2ccccc2)c2ccccc2)cc1OC. The molecule has 3 heteroatoms. The summed E-state index contributed by atoms with van der Waals surface area (Å²) in [7, 11) is 1.04. The Labute approximate surface area is 179 Å². The number of ether oxygens (including phenoxy) is 2. The molecule has 0 fully saturated rings. The van der Waals surface area contributed by atoms with Crippen LogP contribution in [0.1, 0.15) is 5.56 Å². The van der Waals surface area contributed by atoms with Crippen LogP contribution in [-0.2, 0) is 6.16 Å². The number of benzene rings is 4. The zero-order valence-electron chi connectivity index (χ0n) is 17.4. The molecule has 0 heterocycles. The second kappa shape index (κ2) is 9.15. The van der Waals surface area contributed by atoms with Gasteiger partial charge in [-0.15, -0.1) is 0 Å². The summed E-state index contributed by atoms with van der Waals surface area (Å²) in [5.41, 5.74) is 1.25. The molecule has 0 unspecified atom stereocenters. The summed E-state index contributed by atoms with van der Waals surface area (Å²) in [4.78, 5) is 0. The molecule has 0 aliphatic heterocycles. The minimum absolute atomic E-state index is 0.757. The first-order valence-electron chi connectivity index (χ1n) is 10.2. The molecule has 0 aliphatic carbocycles. The number of hydrogen-bond donors (Lipinski definition) is 0. The van der Waals surface area contributed by atoms with E-state index >= 15 is 0 Å². The van der Waals surface area contributed by atoms with Crippen LogP contribution in [0.15, 0.2) is 109 Å². The van der Waals surface area contributed by atoms with Gasteiger partial charge in [-0.25, -0.2) is 0 Å². The van der Waals surface area contributed by atoms with E-state index in [1.54, 1.807) is 14.2 Å². The normalized spacial score (nSPS) is 11.7. The maximum absolute atomic E-state index is 5.60. The van der Waals surface area contributed by atoms with Gasteiger partial charge in [0.05, 0.1) is 0 Å². The standard InChI is InChI=1S/C27H27O2P/c1-28-26-19-18-22(20-27(26)29-2)21-30(23-12-6-3-7-13-23,24-14-8-4-9-15-24)25-16-10-5-11-17-25/h3-20,30H,21H2,1-2H3. The molecule has 0 spiro atoms. The second-order valence-corrected chi connectivity index (χ2v) is 11.3. The van der Waals surface area contributed by atoms with Crippen LogP contribution in [0, 0.1) is 0 Å². The monoisotopic (exact) mass is 414 g/mol. The van der Waals surface area contributed by atoms with Crippen molar-refractivity contribution in [1.82, 2.24) is 0 Å². The van der Waals surface area contributed by atoms with Crippen molar-refractivity contribution < 1.29 is 9.47 Å². The summed E-state index contributed by atoms with van der Waals surface area (Å²) in [6.07, 6.45) is 0.936. The topological polar surface area (TPSA) is 18.5 Å². The second-order valence-electron chi connectivity index (χ2n) is 7.37. The van der Waals surface area contributed by atoms with Gasteiger partial charge in [-0.3, -0.25) is 0 Å². The molecular formula is C27H27O2P. The maximum atomic E-state index is 5.60. The predicted molar refractivity (Wildman–Crippen MR) is 130 cm³/mol. The van der Waals surface area contributed by atoms with Crippen LogP contribution in [0.3, 0.4) is 0 Å². The number of hydrogen-bond acceptors (Lipinski definition) is 2. The molecule has 4 aromatic rings. The molecule has 0 radical (unpaired) electrons. The van der Waals surface area contributed by atoms with Gasteiger partial charge in [0.2, 0.25) is 0 Å². The first-order chi connectivity index (χ1) is 14.8. The van der Waals surface area contributed by atoms with Crippen LogP contribution in [0.4, 0.5) is 0 Å². The Balaban J connectivity index is 1.96. The van der Waals surface area contributed by atoms with Crippen LogP contribution in [0.5, 0.6) is 11.5 Å². The Hall–Kier alpha value is -3.09. The van der Waals surface area contributed by atoms with Crippen molar-refractivity contribution in [2.45, 2.75) is 6.16 Å². The summed E-state index contributed by atoms with van der Waals surface area (Å²) < 4.78 is 11.1. The minimum atomic E-state index is -2.32. The summed E-state index contributed by atoms with van der Waals surface area (Å²) in [5.74, 6) is 1.53.